The average Bonchev–Trinajstić information content (AvgIpc) is 2.46. The van der Waals surface area contributed by atoms with E-state index in [1.54, 1.807) is 0 Å². The third-order valence-corrected chi connectivity index (χ3v) is 5.44. The minimum absolute atomic E-state index is 0.672. The highest BCUT2D eigenvalue weighted by Crippen LogP contribution is 2.29. The molecular formula is C19H30N2. The molecule has 0 radical (unpaired) electrons. The molecule has 2 heteroatoms. The molecule has 1 heterocycles. The molecule has 2 aliphatic rings. The Morgan fingerprint density at radius 1 is 1.14 bits per heavy atom. The molecule has 1 N–H and O–H groups in total. The van der Waals surface area contributed by atoms with Gasteiger partial charge in [-0.15, -0.1) is 0 Å². The van der Waals surface area contributed by atoms with Crippen LogP contribution in [-0.2, 0) is 0 Å². The van der Waals surface area contributed by atoms with Crippen molar-refractivity contribution in [2.45, 2.75) is 51.5 Å². The predicted molar refractivity (Wildman–Crippen MR) is 89.8 cm³/mol. The average molecular weight is 286 g/mol. The lowest BCUT2D eigenvalue weighted by Gasteiger charge is -2.39. The van der Waals surface area contributed by atoms with Gasteiger partial charge in [0, 0.05) is 19.1 Å². The van der Waals surface area contributed by atoms with Crippen molar-refractivity contribution >= 4 is 0 Å². The zero-order chi connectivity index (χ0) is 14.7. The number of nitrogens with zero attached hydrogens (tertiary/aromatic N) is 1. The number of hydrogen-bond acceptors (Lipinski definition) is 2. The maximum atomic E-state index is 3.86. The van der Waals surface area contributed by atoms with Crippen molar-refractivity contribution in [2.75, 3.05) is 26.2 Å². The van der Waals surface area contributed by atoms with Crippen molar-refractivity contribution in [3.05, 3.63) is 35.4 Å². The highest BCUT2D eigenvalue weighted by molar-refractivity contribution is 5.25. The standard InChI is InChI=1S/C19H30N2/c1-3-21-13-18(17-9-7-15(2)8-10-17)11-19(14-21)20-12-16-5-4-6-16/h7-10,16,18-20H,3-6,11-14H2,1-2H3. The van der Waals surface area contributed by atoms with Crippen LogP contribution in [0.5, 0.6) is 0 Å². The Labute approximate surface area is 129 Å². The van der Waals surface area contributed by atoms with Gasteiger partial charge in [0.25, 0.3) is 0 Å². The number of nitrogens with one attached hydrogen (secondary N) is 1. The number of likely N-dealkylation sites (tertiary alicyclic amines) is 1. The molecule has 1 aliphatic heterocycles. The third kappa shape index (κ3) is 3.87. The molecule has 0 amide bonds. The summed E-state index contributed by atoms with van der Waals surface area (Å²) in [5.41, 5.74) is 2.88. The Morgan fingerprint density at radius 3 is 2.52 bits per heavy atom. The largest absolute Gasteiger partial charge is 0.312 e. The van der Waals surface area contributed by atoms with Gasteiger partial charge in [0.2, 0.25) is 0 Å². The Hall–Kier alpha value is -0.860. The molecule has 21 heavy (non-hydrogen) atoms. The number of likely N-dealkylation sites (N-methyl/N-ethyl adjacent to an activating group) is 1. The van der Waals surface area contributed by atoms with Crippen LogP contribution in [-0.4, -0.2) is 37.1 Å². The summed E-state index contributed by atoms with van der Waals surface area (Å²) in [5, 5.41) is 3.86. The first kappa shape index (κ1) is 15.1. The van der Waals surface area contributed by atoms with Crippen molar-refractivity contribution < 1.29 is 0 Å². The third-order valence-electron chi connectivity index (χ3n) is 5.44. The van der Waals surface area contributed by atoms with Crippen molar-refractivity contribution in [3.8, 4) is 0 Å². The molecular weight excluding hydrogens is 256 g/mol. The van der Waals surface area contributed by atoms with Crippen LogP contribution in [0.25, 0.3) is 0 Å². The molecule has 2 nitrogen and oxygen atoms in total. The summed E-state index contributed by atoms with van der Waals surface area (Å²) < 4.78 is 0. The fourth-order valence-electron chi connectivity index (χ4n) is 3.71. The zero-order valence-electron chi connectivity index (χ0n) is 13.6. The summed E-state index contributed by atoms with van der Waals surface area (Å²) in [4.78, 5) is 2.62. The molecule has 3 rings (SSSR count). The molecule has 0 bridgehead atoms. The van der Waals surface area contributed by atoms with Crippen LogP contribution in [0.2, 0.25) is 0 Å². The molecule has 2 unspecified atom stereocenters. The van der Waals surface area contributed by atoms with Crippen molar-refractivity contribution in [1.29, 1.82) is 0 Å². The summed E-state index contributed by atoms with van der Waals surface area (Å²) in [5.74, 6) is 1.65. The highest BCUT2D eigenvalue weighted by atomic mass is 15.2. The zero-order valence-corrected chi connectivity index (χ0v) is 13.6. The molecule has 2 atom stereocenters. The molecule has 1 aromatic carbocycles. The summed E-state index contributed by atoms with van der Waals surface area (Å²) >= 11 is 0. The lowest BCUT2D eigenvalue weighted by molar-refractivity contribution is 0.169. The lowest BCUT2D eigenvalue weighted by Crippen LogP contribution is -2.49. The predicted octanol–water partition coefficient (Wildman–Crippen LogP) is 3.56. The summed E-state index contributed by atoms with van der Waals surface area (Å²) in [6, 6.07) is 9.86. The Bertz CT molecular complexity index is 435. The number of hydrogen-bond donors (Lipinski definition) is 1. The number of rotatable bonds is 5. The van der Waals surface area contributed by atoms with Crippen LogP contribution in [0.15, 0.2) is 24.3 Å². The fraction of sp³-hybridized carbons (Fsp3) is 0.684. The summed E-state index contributed by atoms with van der Waals surface area (Å²) in [7, 11) is 0. The number of benzene rings is 1. The van der Waals surface area contributed by atoms with E-state index in [1.807, 2.05) is 0 Å². The van der Waals surface area contributed by atoms with Crippen LogP contribution in [0.3, 0.4) is 0 Å². The van der Waals surface area contributed by atoms with Gasteiger partial charge in [0.1, 0.15) is 0 Å². The molecule has 0 aromatic heterocycles. The van der Waals surface area contributed by atoms with Gasteiger partial charge in [0.05, 0.1) is 0 Å². The van der Waals surface area contributed by atoms with Gasteiger partial charge in [-0.05, 0) is 56.7 Å². The Balaban J connectivity index is 1.61. The number of piperidine rings is 1. The van der Waals surface area contributed by atoms with Gasteiger partial charge in [-0.1, -0.05) is 43.2 Å². The molecule has 1 saturated heterocycles. The quantitative estimate of drug-likeness (QED) is 0.890. The smallest absolute Gasteiger partial charge is 0.0201 e. The van der Waals surface area contributed by atoms with Crippen molar-refractivity contribution in [3.63, 3.8) is 0 Å². The monoisotopic (exact) mass is 286 g/mol. The topological polar surface area (TPSA) is 15.3 Å². The van der Waals surface area contributed by atoms with Gasteiger partial charge >= 0.3 is 0 Å². The maximum absolute atomic E-state index is 3.86. The van der Waals surface area contributed by atoms with E-state index in [0.29, 0.717) is 12.0 Å². The van der Waals surface area contributed by atoms with Crippen molar-refractivity contribution in [2.24, 2.45) is 5.92 Å². The minimum Gasteiger partial charge on any atom is -0.312 e. The van der Waals surface area contributed by atoms with E-state index in [4.69, 9.17) is 0 Å². The lowest BCUT2D eigenvalue weighted by atomic mass is 9.84. The second-order valence-electron chi connectivity index (χ2n) is 7.10. The minimum atomic E-state index is 0.672. The maximum Gasteiger partial charge on any atom is 0.0201 e. The number of aryl methyl sites for hydroxylation is 1. The van der Waals surface area contributed by atoms with Gasteiger partial charge in [-0.25, -0.2) is 0 Å². The van der Waals surface area contributed by atoms with E-state index in [-0.39, 0.29) is 0 Å². The first-order valence-electron chi connectivity index (χ1n) is 8.77. The summed E-state index contributed by atoms with van der Waals surface area (Å²) in [6.07, 6.45) is 5.63. The van der Waals surface area contributed by atoms with Crippen LogP contribution >= 0.6 is 0 Å². The van der Waals surface area contributed by atoms with Gasteiger partial charge in [-0.2, -0.15) is 0 Å². The Morgan fingerprint density at radius 2 is 1.90 bits per heavy atom. The van der Waals surface area contributed by atoms with E-state index in [2.05, 4.69) is 48.3 Å². The van der Waals surface area contributed by atoms with E-state index in [1.165, 1.54) is 63.0 Å². The van der Waals surface area contributed by atoms with Crippen molar-refractivity contribution in [1.82, 2.24) is 10.2 Å². The second kappa shape index (κ2) is 6.93. The van der Waals surface area contributed by atoms with E-state index in [0.717, 1.165) is 5.92 Å². The highest BCUT2D eigenvalue weighted by Gasteiger charge is 2.28. The van der Waals surface area contributed by atoms with E-state index in [9.17, 15) is 0 Å². The first-order chi connectivity index (χ1) is 10.2. The van der Waals surface area contributed by atoms with Crippen LogP contribution < -0.4 is 5.32 Å². The molecule has 1 aromatic rings. The second-order valence-corrected chi connectivity index (χ2v) is 7.10. The SMILES string of the molecule is CCN1CC(NCC2CCC2)CC(c2ccc(C)cc2)C1. The first-order valence-corrected chi connectivity index (χ1v) is 8.77. The van der Waals surface area contributed by atoms with Crippen LogP contribution in [0.1, 0.15) is 49.7 Å². The summed E-state index contributed by atoms with van der Waals surface area (Å²) in [6.45, 7) is 9.33. The fourth-order valence-corrected chi connectivity index (χ4v) is 3.71. The van der Waals surface area contributed by atoms with Crippen LogP contribution in [0.4, 0.5) is 0 Å². The Kier molecular flexibility index (Phi) is 4.97. The molecule has 1 aliphatic carbocycles. The molecule has 1 saturated carbocycles. The molecule has 116 valence electrons. The molecule has 2 fully saturated rings. The van der Waals surface area contributed by atoms with E-state index >= 15 is 0 Å². The molecule has 0 spiro atoms. The van der Waals surface area contributed by atoms with Gasteiger partial charge < -0.3 is 10.2 Å². The normalized spacial score (nSPS) is 27.5. The van der Waals surface area contributed by atoms with Gasteiger partial charge in [-0.3, -0.25) is 0 Å². The van der Waals surface area contributed by atoms with E-state index < -0.39 is 0 Å². The van der Waals surface area contributed by atoms with Crippen LogP contribution in [0, 0.1) is 12.8 Å². The van der Waals surface area contributed by atoms with Gasteiger partial charge in [0.15, 0.2) is 0 Å².